The zero-order chi connectivity index (χ0) is 12.6. The van der Waals surface area contributed by atoms with Gasteiger partial charge in [-0.2, -0.15) is 0 Å². The summed E-state index contributed by atoms with van der Waals surface area (Å²) in [6, 6.07) is 5.43. The minimum absolute atomic E-state index is 0.184. The highest BCUT2D eigenvalue weighted by atomic mass is 35.5. The van der Waals surface area contributed by atoms with Gasteiger partial charge in [0, 0.05) is 11.7 Å². The number of hydrogen-bond donors (Lipinski definition) is 2. The molecule has 0 amide bonds. The Labute approximate surface area is 112 Å². The smallest absolute Gasteiger partial charge is 0.143 e. The first-order chi connectivity index (χ1) is 8.67. The first-order valence-electron chi connectivity index (χ1n) is 6.59. The minimum Gasteiger partial charge on any atom is -0.382 e. The molecule has 4 heteroatoms. The summed E-state index contributed by atoms with van der Waals surface area (Å²) in [5.74, 6) is -0.349. The van der Waals surface area contributed by atoms with Crippen LogP contribution in [0.25, 0.3) is 0 Å². The van der Waals surface area contributed by atoms with Crippen LogP contribution < -0.4 is 10.6 Å². The van der Waals surface area contributed by atoms with Gasteiger partial charge in [-0.25, -0.2) is 4.39 Å². The zero-order valence-corrected chi connectivity index (χ0v) is 11.1. The van der Waals surface area contributed by atoms with Crippen molar-refractivity contribution < 1.29 is 4.39 Å². The van der Waals surface area contributed by atoms with Gasteiger partial charge in [-0.1, -0.05) is 11.6 Å². The summed E-state index contributed by atoms with van der Waals surface area (Å²) in [4.78, 5) is 0. The molecule has 2 N–H and O–H groups in total. The van der Waals surface area contributed by atoms with Crippen molar-refractivity contribution in [3.63, 3.8) is 0 Å². The monoisotopic (exact) mass is 268 g/mol. The van der Waals surface area contributed by atoms with Crippen molar-refractivity contribution in [2.75, 3.05) is 18.4 Å². The molecule has 2 nitrogen and oxygen atoms in total. The summed E-state index contributed by atoms with van der Waals surface area (Å²) in [6.45, 7) is 2.28. The number of halogens is 2. The quantitative estimate of drug-likeness (QED) is 0.859. The first-order valence-corrected chi connectivity index (χ1v) is 6.97. The van der Waals surface area contributed by atoms with Crippen molar-refractivity contribution in [2.45, 2.75) is 31.7 Å². The van der Waals surface area contributed by atoms with E-state index in [1.807, 2.05) is 6.07 Å². The molecule has 1 aromatic carbocycles. The highest BCUT2D eigenvalue weighted by Crippen LogP contribution is 2.48. The van der Waals surface area contributed by atoms with Gasteiger partial charge in [0.1, 0.15) is 5.82 Å². The predicted octanol–water partition coefficient (Wildman–Crippen LogP) is 3.42. The Morgan fingerprint density at radius 2 is 2.00 bits per heavy atom. The molecule has 1 aliphatic heterocycles. The molecule has 2 fully saturated rings. The van der Waals surface area contributed by atoms with E-state index in [4.69, 9.17) is 11.6 Å². The van der Waals surface area contributed by atoms with E-state index in [0.717, 1.165) is 18.8 Å². The lowest BCUT2D eigenvalue weighted by Gasteiger charge is -2.50. The Morgan fingerprint density at radius 1 is 1.28 bits per heavy atom. The first kappa shape index (κ1) is 12.2. The maximum atomic E-state index is 13.3. The molecular weight excluding hydrogens is 251 g/mol. The average molecular weight is 269 g/mol. The maximum Gasteiger partial charge on any atom is 0.143 e. The second kappa shape index (κ2) is 4.71. The van der Waals surface area contributed by atoms with E-state index in [-0.39, 0.29) is 10.8 Å². The largest absolute Gasteiger partial charge is 0.382 e. The van der Waals surface area contributed by atoms with Crippen molar-refractivity contribution in [3.05, 3.63) is 29.0 Å². The van der Waals surface area contributed by atoms with E-state index < -0.39 is 0 Å². The number of rotatable bonds is 2. The summed E-state index contributed by atoms with van der Waals surface area (Å²) in [5.41, 5.74) is 1.39. The van der Waals surface area contributed by atoms with Gasteiger partial charge in [0.05, 0.1) is 5.02 Å². The van der Waals surface area contributed by atoms with Crippen molar-refractivity contribution >= 4 is 17.3 Å². The average Bonchev–Trinajstić information content (AvgIpc) is 2.33. The Bertz CT molecular complexity index is 435. The van der Waals surface area contributed by atoms with Gasteiger partial charge in [0.25, 0.3) is 0 Å². The summed E-state index contributed by atoms with van der Waals surface area (Å²) >= 11 is 5.67. The lowest BCUT2D eigenvalue weighted by Crippen LogP contribution is -2.50. The molecule has 1 saturated heterocycles. The van der Waals surface area contributed by atoms with Crippen LogP contribution in [0.1, 0.15) is 25.7 Å². The van der Waals surface area contributed by atoms with Crippen LogP contribution in [-0.4, -0.2) is 19.1 Å². The standard InChI is InChI=1S/C14H18ClFN2/c15-12-2-1-10(7-13(12)16)18-11-8-14(9-11)3-5-17-6-4-14/h1-2,7,11,17-18H,3-6,8-9H2. The Kier molecular flexibility index (Phi) is 3.20. The van der Waals surface area contributed by atoms with Crippen LogP contribution in [0, 0.1) is 11.2 Å². The molecule has 0 atom stereocenters. The number of nitrogens with one attached hydrogen (secondary N) is 2. The third kappa shape index (κ3) is 2.34. The molecule has 1 spiro atoms. The molecule has 1 aliphatic carbocycles. The summed E-state index contributed by atoms with van der Waals surface area (Å²) in [7, 11) is 0. The van der Waals surface area contributed by atoms with Gasteiger partial charge in [0.15, 0.2) is 0 Å². The molecule has 18 heavy (non-hydrogen) atoms. The van der Waals surface area contributed by atoms with Gasteiger partial charge < -0.3 is 10.6 Å². The Balaban J connectivity index is 1.57. The minimum atomic E-state index is -0.349. The van der Waals surface area contributed by atoms with Crippen molar-refractivity contribution in [2.24, 2.45) is 5.41 Å². The molecule has 0 unspecified atom stereocenters. The molecule has 1 saturated carbocycles. The highest BCUT2D eigenvalue weighted by molar-refractivity contribution is 6.30. The van der Waals surface area contributed by atoms with Gasteiger partial charge in [-0.05, 0) is 62.4 Å². The third-order valence-electron chi connectivity index (χ3n) is 4.31. The molecule has 0 aromatic heterocycles. The van der Waals surface area contributed by atoms with Gasteiger partial charge in [0.2, 0.25) is 0 Å². The van der Waals surface area contributed by atoms with Crippen LogP contribution in [0.5, 0.6) is 0 Å². The van der Waals surface area contributed by atoms with Crippen LogP contribution in [0.2, 0.25) is 5.02 Å². The number of piperidine rings is 1. The highest BCUT2D eigenvalue weighted by Gasteiger charge is 2.44. The summed E-state index contributed by atoms with van der Waals surface area (Å²) in [6.07, 6.45) is 4.97. The lowest BCUT2D eigenvalue weighted by molar-refractivity contribution is 0.0718. The zero-order valence-electron chi connectivity index (χ0n) is 10.3. The normalized spacial score (nSPS) is 22.8. The number of anilines is 1. The predicted molar refractivity (Wildman–Crippen MR) is 72.6 cm³/mol. The SMILES string of the molecule is Fc1cc(NC2CC3(CCNCC3)C2)ccc1Cl. The van der Waals surface area contributed by atoms with Gasteiger partial charge in [-0.15, -0.1) is 0 Å². The van der Waals surface area contributed by atoms with E-state index in [1.54, 1.807) is 6.07 Å². The number of benzene rings is 1. The van der Waals surface area contributed by atoms with Crippen molar-refractivity contribution in [1.29, 1.82) is 0 Å². The molecule has 0 radical (unpaired) electrons. The van der Waals surface area contributed by atoms with E-state index >= 15 is 0 Å². The Hall–Kier alpha value is -0.800. The van der Waals surface area contributed by atoms with Crippen LogP contribution in [0.4, 0.5) is 10.1 Å². The topological polar surface area (TPSA) is 24.1 Å². The van der Waals surface area contributed by atoms with E-state index in [1.165, 1.54) is 31.7 Å². The second-order valence-electron chi connectivity index (χ2n) is 5.63. The van der Waals surface area contributed by atoms with E-state index in [0.29, 0.717) is 11.5 Å². The maximum absolute atomic E-state index is 13.3. The van der Waals surface area contributed by atoms with Gasteiger partial charge in [-0.3, -0.25) is 0 Å². The third-order valence-corrected chi connectivity index (χ3v) is 4.62. The fourth-order valence-corrected chi connectivity index (χ4v) is 3.39. The van der Waals surface area contributed by atoms with Crippen LogP contribution in [-0.2, 0) is 0 Å². The number of hydrogen-bond acceptors (Lipinski definition) is 2. The molecule has 98 valence electrons. The van der Waals surface area contributed by atoms with Crippen molar-refractivity contribution in [3.8, 4) is 0 Å². The van der Waals surface area contributed by atoms with E-state index in [2.05, 4.69) is 10.6 Å². The molecule has 1 aromatic rings. The summed E-state index contributed by atoms with van der Waals surface area (Å²) < 4.78 is 13.3. The molecule has 1 heterocycles. The van der Waals surface area contributed by atoms with E-state index in [9.17, 15) is 4.39 Å². The van der Waals surface area contributed by atoms with Crippen molar-refractivity contribution in [1.82, 2.24) is 5.32 Å². The molecule has 2 aliphatic rings. The lowest BCUT2D eigenvalue weighted by atomic mass is 9.60. The van der Waals surface area contributed by atoms with Crippen LogP contribution in [0.15, 0.2) is 18.2 Å². The van der Waals surface area contributed by atoms with Crippen LogP contribution >= 0.6 is 11.6 Å². The molecule has 0 bridgehead atoms. The molecule has 3 rings (SSSR count). The Morgan fingerprint density at radius 3 is 2.67 bits per heavy atom. The fraction of sp³-hybridized carbons (Fsp3) is 0.571. The second-order valence-corrected chi connectivity index (χ2v) is 6.04. The fourth-order valence-electron chi connectivity index (χ4n) is 3.27. The molecular formula is C14H18ClFN2. The van der Waals surface area contributed by atoms with Gasteiger partial charge >= 0.3 is 0 Å². The van der Waals surface area contributed by atoms with Crippen LogP contribution in [0.3, 0.4) is 0 Å². The summed E-state index contributed by atoms with van der Waals surface area (Å²) in [5, 5.41) is 6.98.